The number of carbonyl (C=O) groups is 1. The van der Waals surface area contributed by atoms with E-state index in [1.807, 2.05) is 68.5 Å². The third-order valence-corrected chi connectivity index (χ3v) is 6.73. The molecule has 37 heavy (non-hydrogen) atoms. The number of para-hydroxylation sites is 1. The third kappa shape index (κ3) is 5.69. The maximum absolute atomic E-state index is 13.8. The van der Waals surface area contributed by atoms with Gasteiger partial charge in [-0.05, 0) is 64.0 Å². The zero-order valence-corrected chi connectivity index (χ0v) is 22.6. The second-order valence-corrected chi connectivity index (χ2v) is 9.93. The molecule has 1 aliphatic heterocycles. The number of allylic oxidation sites excluding steroid dienone is 1. The lowest BCUT2D eigenvalue weighted by molar-refractivity contribution is -0.139. The molecule has 1 aromatic heterocycles. The number of esters is 1. The fraction of sp³-hybridized carbons (Fsp3) is 0.345. The van der Waals surface area contributed by atoms with E-state index in [9.17, 15) is 9.59 Å². The number of fused-ring (bicyclic) bond motifs is 1. The molecule has 0 radical (unpaired) electrons. The summed E-state index contributed by atoms with van der Waals surface area (Å²) in [5.41, 5.74) is 2.20. The Kier molecular flexibility index (Phi) is 8.28. The quantitative estimate of drug-likeness (QED) is 0.392. The van der Waals surface area contributed by atoms with E-state index < -0.39 is 12.0 Å². The normalized spacial score (nSPS) is 15.4. The van der Waals surface area contributed by atoms with Gasteiger partial charge < -0.3 is 14.2 Å². The van der Waals surface area contributed by atoms with Crippen molar-refractivity contribution in [3.8, 4) is 11.5 Å². The molecular formula is C29H32N2O5S. The van der Waals surface area contributed by atoms with Gasteiger partial charge in [0.15, 0.2) is 4.80 Å². The van der Waals surface area contributed by atoms with Gasteiger partial charge in [-0.2, -0.15) is 0 Å². The lowest BCUT2D eigenvalue weighted by Gasteiger charge is -2.26. The first-order chi connectivity index (χ1) is 17.8. The predicted molar refractivity (Wildman–Crippen MR) is 145 cm³/mol. The molecule has 0 N–H and O–H groups in total. The third-order valence-electron chi connectivity index (χ3n) is 5.74. The molecule has 7 nitrogen and oxygen atoms in total. The summed E-state index contributed by atoms with van der Waals surface area (Å²) in [4.78, 5) is 32.1. The van der Waals surface area contributed by atoms with Gasteiger partial charge in [0.2, 0.25) is 0 Å². The molecule has 0 aliphatic carbocycles. The van der Waals surface area contributed by atoms with Gasteiger partial charge in [-0.1, -0.05) is 48.6 Å². The molecule has 8 heteroatoms. The highest BCUT2D eigenvalue weighted by atomic mass is 32.1. The van der Waals surface area contributed by atoms with Crippen molar-refractivity contribution in [3.05, 3.63) is 90.6 Å². The fourth-order valence-corrected chi connectivity index (χ4v) is 5.23. The average Bonchev–Trinajstić information content (AvgIpc) is 3.17. The van der Waals surface area contributed by atoms with Crippen molar-refractivity contribution in [2.24, 2.45) is 4.99 Å². The lowest BCUT2D eigenvalue weighted by atomic mass is 9.95. The monoisotopic (exact) mass is 520 g/mol. The summed E-state index contributed by atoms with van der Waals surface area (Å²) in [5, 5.41) is 0. The van der Waals surface area contributed by atoms with Gasteiger partial charge in [0.05, 0.1) is 35.1 Å². The molecule has 1 aliphatic rings. The second kappa shape index (κ2) is 11.6. The van der Waals surface area contributed by atoms with Crippen LogP contribution in [0.15, 0.2) is 69.6 Å². The van der Waals surface area contributed by atoms with Gasteiger partial charge in [-0.15, -0.1) is 0 Å². The molecule has 0 saturated carbocycles. The predicted octanol–water partition coefficient (Wildman–Crippen LogP) is 4.37. The van der Waals surface area contributed by atoms with E-state index in [0.29, 0.717) is 38.5 Å². The number of hydrogen-bond donors (Lipinski definition) is 0. The van der Waals surface area contributed by atoms with E-state index in [1.165, 1.54) is 11.3 Å². The summed E-state index contributed by atoms with van der Waals surface area (Å²) in [6, 6.07) is 14.4. The first-order valence-electron chi connectivity index (χ1n) is 12.5. The van der Waals surface area contributed by atoms with Gasteiger partial charge >= 0.3 is 5.97 Å². The average molecular weight is 521 g/mol. The SMILES string of the molecule is CCCOc1ccc(/C=c2\sc3n(c2=O)C(c2ccccc2OC(C)C)C(C(=O)OCC)=C(C)N=3)cc1. The van der Waals surface area contributed by atoms with Crippen LogP contribution < -0.4 is 24.4 Å². The summed E-state index contributed by atoms with van der Waals surface area (Å²) in [6.45, 7) is 10.3. The zero-order valence-electron chi connectivity index (χ0n) is 21.8. The first kappa shape index (κ1) is 26.4. The smallest absolute Gasteiger partial charge is 0.338 e. The second-order valence-electron chi connectivity index (χ2n) is 8.92. The van der Waals surface area contributed by atoms with Crippen molar-refractivity contribution in [3.63, 3.8) is 0 Å². The lowest BCUT2D eigenvalue weighted by Crippen LogP contribution is -2.40. The maximum Gasteiger partial charge on any atom is 0.338 e. The molecule has 0 spiro atoms. The van der Waals surface area contributed by atoms with Crippen molar-refractivity contribution in [2.45, 2.75) is 53.2 Å². The molecule has 194 valence electrons. The summed E-state index contributed by atoms with van der Waals surface area (Å²) in [7, 11) is 0. The Labute approximate surface area is 220 Å². The van der Waals surface area contributed by atoms with E-state index in [2.05, 4.69) is 11.9 Å². The van der Waals surface area contributed by atoms with Crippen LogP contribution in [0.1, 0.15) is 58.2 Å². The standard InChI is InChI=1S/C29H32N2O5S/c1-6-16-35-21-14-12-20(13-15-21)17-24-27(32)31-26(22-10-8-9-11-23(22)36-18(3)4)25(28(33)34-7-2)19(5)30-29(31)37-24/h8-15,17-18,26H,6-7,16H2,1-5H3/b24-17-. The van der Waals surface area contributed by atoms with Gasteiger partial charge in [0.25, 0.3) is 5.56 Å². The van der Waals surface area contributed by atoms with Gasteiger partial charge in [-0.25, -0.2) is 9.79 Å². The van der Waals surface area contributed by atoms with Crippen molar-refractivity contribution >= 4 is 23.4 Å². The molecule has 4 rings (SSSR count). The minimum atomic E-state index is -0.725. The van der Waals surface area contributed by atoms with Crippen LogP contribution in [0.25, 0.3) is 6.08 Å². The first-order valence-corrected chi connectivity index (χ1v) is 13.3. The number of carbonyl (C=O) groups excluding carboxylic acids is 1. The maximum atomic E-state index is 13.8. The molecule has 2 heterocycles. The number of ether oxygens (including phenoxy) is 3. The Morgan fingerprint density at radius 2 is 1.86 bits per heavy atom. The number of rotatable bonds is 9. The van der Waals surface area contributed by atoms with Gasteiger partial charge in [0.1, 0.15) is 17.5 Å². The number of aromatic nitrogens is 1. The Balaban J connectivity index is 1.88. The van der Waals surface area contributed by atoms with E-state index in [1.54, 1.807) is 18.4 Å². The molecule has 1 atom stereocenters. The minimum absolute atomic E-state index is 0.0858. The Morgan fingerprint density at radius 1 is 1.14 bits per heavy atom. The van der Waals surface area contributed by atoms with Gasteiger partial charge in [-0.3, -0.25) is 9.36 Å². The molecule has 1 unspecified atom stereocenters. The molecular weight excluding hydrogens is 488 g/mol. The number of hydrogen-bond acceptors (Lipinski definition) is 7. The minimum Gasteiger partial charge on any atom is -0.494 e. The van der Waals surface area contributed by atoms with E-state index >= 15 is 0 Å². The number of nitrogens with zero attached hydrogens (tertiary/aromatic N) is 2. The van der Waals surface area contributed by atoms with Crippen LogP contribution in [-0.4, -0.2) is 29.9 Å². The topological polar surface area (TPSA) is 79.1 Å². The fourth-order valence-electron chi connectivity index (χ4n) is 4.19. The highest BCUT2D eigenvalue weighted by Gasteiger charge is 2.35. The van der Waals surface area contributed by atoms with Crippen LogP contribution in [-0.2, 0) is 9.53 Å². The van der Waals surface area contributed by atoms with E-state index in [4.69, 9.17) is 14.2 Å². The Hall–Kier alpha value is -3.65. The largest absolute Gasteiger partial charge is 0.494 e. The van der Waals surface area contributed by atoms with Crippen LogP contribution >= 0.6 is 11.3 Å². The summed E-state index contributed by atoms with van der Waals surface area (Å²) >= 11 is 1.29. The Morgan fingerprint density at radius 3 is 2.54 bits per heavy atom. The van der Waals surface area contributed by atoms with Crippen molar-refractivity contribution < 1.29 is 19.0 Å². The Bertz CT molecular complexity index is 1480. The summed E-state index contributed by atoms with van der Waals surface area (Å²) in [6.07, 6.45) is 2.69. The van der Waals surface area contributed by atoms with Gasteiger partial charge in [0, 0.05) is 5.56 Å². The van der Waals surface area contributed by atoms with Crippen molar-refractivity contribution in [1.29, 1.82) is 0 Å². The number of benzene rings is 2. The van der Waals surface area contributed by atoms with E-state index in [0.717, 1.165) is 17.7 Å². The van der Waals surface area contributed by atoms with Crippen LogP contribution in [0.5, 0.6) is 11.5 Å². The van der Waals surface area contributed by atoms with Crippen LogP contribution in [0.2, 0.25) is 0 Å². The van der Waals surface area contributed by atoms with Crippen molar-refractivity contribution in [2.75, 3.05) is 13.2 Å². The summed E-state index contributed by atoms with van der Waals surface area (Å²) in [5.74, 6) is 0.901. The molecule has 3 aromatic rings. The molecule has 0 bridgehead atoms. The van der Waals surface area contributed by atoms with Crippen molar-refractivity contribution in [1.82, 2.24) is 4.57 Å². The zero-order chi connectivity index (χ0) is 26.5. The van der Waals surface area contributed by atoms with Crippen LogP contribution in [0, 0.1) is 0 Å². The number of thiazole rings is 1. The summed E-state index contributed by atoms with van der Waals surface area (Å²) < 4.78 is 19.2. The molecule has 0 saturated heterocycles. The van der Waals surface area contributed by atoms with E-state index in [-0.39, 0.29) is 18.3 Å². The molecule has 0 fully saturated rings. The highest BCUT2D eigenvalue weighted by Crippen LogP contribution is 2.36. The highest BCUT2D eigenvalue weighted by molar-refractivity contribution is 7.07. The van der Waals surface area contributed by atoms with Crippen LogP contribution in [0.3, 0.4) is 0 Å². The molecule has 2 aromatic carbocycles. The van der Waals surface area contributed by atoms with Crippen LogP contribution in [0.4, 0.5) is 0 Å². The molecule has 0 amide bonds.